The average Bonchev–Trinajstić information content (AvgIpc) is 3.01. The number of anilines is 2. The van der Waals surface area contributed by atoms with Gasteiger partial charge in [0.2, 0.25) is 0 Å². The molecule has 156 valence electrons. The number of halogens is 1. The molecule has 0 fully saturated rings. The van der Waals surface area contributed by atoms with Crippen molar-refractivity contribution in [1.82, 2.24) is 0 Å². The molecule has 3 aromatic carbocycles. The fourth-order valence-electron chi connectivity index (χ4n) is 3.09. The quantitative estimate of drug-likeness (QED) is 0.308. The summed E-state index contributed by atoms with van der Waals surface area (Å²) in [6.45, 7) is 2.45. The summed E-state index contributed by atoms with van der Waals surface area (Å²) in [5.74, 6) is -0.0448. The van der Waals surface area contributed by atoms with E-state index in [1.165, 1.54) is 16.7 Å². The molecule has 0 aromatic heterocycles. The number of amides is 2. The Balaban J connectivity index is 1.69. The summed E-state index contributed by atoms with van der Waals surface area (Å²) >= 11 is 3.51. The monoisotopic (exact) mass is 542 g/mol. The highest BCUT2D eigenvalue weighted by Crippen LogP contribution is 2.38. The van der Waals surface area contributed by atoms with Crippen LogP contribution in [0.25, 0.3) is 0 Å². The summed E-state index contributed by atoms with van der Waals surface area (Å²) in [6, 6.07) is 24.2. The fourth-order valence-corrected chi connectivity index (χ4v) is 4.40. The zero-order valence-corrected chi connectivity index (χ0v) is 19.6. The number of imide groups is 1. The molecule has 5 nitrogen and oxygen atoms in total. The van der Waals surface area contributed by atoms with Crippen LogP contribution in [0.4, 0.5) is 11.4 Å². The number of carbonyl (C=O) groups excluding carboxylic acids is 2. The van der Waals surface area contributed by atoms with Crippen molar-refractivity contribution >= 4 is 57.5 Å². The van der Waals surface area contributed by atoms with Crippen molar-refractivity contribution < 1.29 is 14.3 Å². The number of nitrogens with one attached hydrogen (secondary N) is 1. The molecule has 0 atom stereocenters. The van der Waals surface area contributed by atoms with E-state index in [2.05, 4.69) is 27.9 Å². The van der Waals surface area contributed by atoms with Crippen molar-refractivity contribution in [2.75, 3.05) is 16.8 Å². The lowest BCUT2D eigenvalue weighted by molar-refractivity contribution is -0.120. The van der Waals surface area contributed by atoms with Crippen LogP contribution in [-0.4, -0.2) is 18.4 Å². The minimum Gasteiger partial charge on any atom is -0.494 e. The minimum atomic E-state index is -0.383. The Labute approximate surface area is 198 Å². The molecule has 0 radical (unpaired) electrons. The van der Waals surface area contributed by atoms with Crippen LogP contribution < -0.4 is 15.0 Å². The van der Waals surface area contributed by atoms with Crippen LogP contribution in [0.5, 0.6) is 5.75 Å². The summed E-state index contributed by atoms with van der Waals surface area (Å²) in [5, 5.41) is 3.17. The lowest BCUT2D eigenvalue weighted by atomic mass is 10.2. The maximum absolute atomic E-state index is 13.3. The van der Waals surface area contributed by atoms with E-state index in [1.807, 2.05) is 61.5 Å². The summed E-state index contributed by atoms with van der Waals surface area (Å²) in [6.07, 6.45) is 0. The highest BCUT2D eigenvalue weighted by molar-refractivity contribution is 14.1. The van der Waals surface area contributed by atoms with Crippen LogP contribution in [0, 0.1) is 3.57 Å². The van der Waals surface area contributed by atoms with Crippen LogP contribution in [0.3, 0.4) is 0 Å². The second kappa shape index (κ2) is 9.57. The number of carbonyl (C=O) groups is 2. The van der Waals surface area contributed by atoms with Gasteiger partial charge in [0.15, 0.2) is 0 Å². The Morgan fingerprint density at radius 2 is 1.58 bits per heavy atom. The van der Waals surface area contributed by atoms with Crippen molar-refractivity contribution in [2.45, 2.75) is 11.8 Å². The van der Waals surface area contributed by atoms with Crippen molar-refractivity contribution in [1.29, 1.82) is 0 Å². The van der Waals surface area contributed by atoms with Gasteiger partial charge in [0.25, 0.3) is 11.8 Å². The predicted molar refractivity (Wildman–Crippen MR) is 132 cm³/mol. The second-order valence-electron chi connectivity index (χ2n) is 6.62. The van der Waals surface area contributed by atoms with Gasteiger partial charge in [0.1, 0.15) is 16.4 Å². The van der Waals surface area contributed by atoms with Crippen molar-refractivity contribution in [2.24, 2.45) is 0 Å². The maximum atomic E-state index is 13.3. The third-order valence-corrected chi connectivity index (χ3v) is 6.33. The van der Waals surface area contributed by atoms with Gasteiger partial charge in [-0.3, -0.25) is 9.59 Å². The van der Waals surface area contributed by atoms with Crippen LogP contribution in [-0.2, 0) is 9.59 Å². The zero-order chi connectivity index (χ0) is 21.8. The molecule has 1 aliphatic heterocycles. The van der Waals surface area contributed by atoms with Crippen molar-refractivity contribution in [3.8, 4) is 5.75 Å². The molecule has 4 rings (SSSR count). The second-order valence-corrected chi connectivity index (χ2v) is 8.95. The highest BCUT2D eigenvalue weighted by atomic mass is 127. The Kier molecular flexibility index (Phi) is 6.62. The molecular weight excluding hydrogens is 523 g/mol. The van der Waals surface area contributed by atoms with Crippen LogP contribution in [0.2, 0.25) is 0 Å². The molecule has 3 aromatic rings. The van der Waals surface area contributed by atoms with Gasteiger partial charge in [-0.05, 0) is 90.2 Å². The summed E-state index contributed by atoms with van der Waals surface area (Å²) in [5.41, 5.74) is 1.52. The Morgan fingerprint density at radius 3 is 2.23 bits per heavy atom. The lowest BCUT2D eigenvalue weighted by Crippen LogP contribution is -2.32. The van der Waals surface area contributed by atoms with E-state index in [4.69, 9.17) is 4.74 Å². The third-order valence-electron chi connectivity index (χ3n) is 4.52. The first kappa shape index (κ1) is 21.5. The first-order valence-electron chi connectivity index (χ1n) is 9.68. The van der Waals surface area contributed by atoms with E-state index in [-0.39, 0.29) is 17.5 Å². The lowest BCUT2D eigenvalue weighted by Gasteiger charge is -2.16. The molecule has 1 heterocycles. The molecule has 1 N–H and O–H groups in total. The molecule has 0 bridgehead atoms. The minimum absolute atomic E-state index is 0.272. The van der Waals surface area contributed by atoms with Gasteiger partial charge in [-0.15, -0.1) is 0 Å². The number of hydrogen-bond acceptors (Lipinski definition) is 5. The zero-order valence-electron chi connectivity index (χ0n) is 16.7. The predicted octanol–water partition coefficient (Wildman–Crippen LogP) is 5.68. The first-order valence-corrected chi connectivity index (χ1v) is 11.6. The van der Waals surface area contributed by atoms with Gasteiger partial charge in [0, 0.05) is 14.2 Å². The Morgan fingerprint density at radius 1 is 0.903 bits per heavy atom. The molecule has 0 spiro atoms. The molecule has 7 heteroatoms. The summed E-state index contributed by atoms with van der Waals surface area (Å²) < 4.78 is 6.56. The molecule has 0 saturated carbocycles. The highest BCUT2D eigenvalue weighted by Gasteiger charge is 2.40. The summed E-state index contributed by atoms with van der Waals surface area (Å²) in [7, 11) is 0. The van der Waals surface area contributed by atoms with Crippen molar-refractivity contribution in [3.05, 3.63) is 93.0 Å². The van der Waals surface area contributed by atoms with Crippen molar-refractivity contribution in [3.63, 3.8) is 0 Å². The van der Waals surface area contributed by atoms with E-state index < -0.39 is 0 Å². The third kappa shape index (κ3) is 4.77. The number of nitrogens with zero attached hydrogens (tertiary/aromatic N) is 1. The van der Waals surface area contributed by atoms with E-state index in [1.54, 1.807) is 24.3 Å². The van der Waals surface area contributed by atoms with Gasteiger partial charge < -0.3 is 10.1 Å². The number of benzene rings is 3. The Hall–Kier alpha value is -2.78. The van der Waals surface area contributed by atoms with Gasteiger partial charge in [0.05, 0.1) is 12.3 Å². The normalized spacial score (nSPS) is 13.7. The van der Waals surface area contributed by atoms with Gasteiger partial charge in [-0.1, -0.05) is 30.0 Å². The smallest absolute Gasteiger partial charge is 0.283 e. The summed E-state index contributed by atoms with van der Waals surface area (Å²) in [4.78, 5) is 29.1. The number of thioether (sulfide) groups is 1. The van der Waals surface area contributed by atoms with Crippen LogP contribution in [0.15, 0.2) is 94.4 Å². The van der Waals surface area contributed by atoms with E-state index in [9.17, 15) is 9.59 Å². The van der Waals surface area contributed by atoms with Gasteiger partial charge in [-0.2, -0.15) is 0 Å². The first-order chi connectivity index (χ1) is 15.1. The number of hydrogen-bond donors (Lipinski definition) is 1. The molecule has 0 saturated heterocycles. The SMILES string of the molecule is CCOc1ccc(N2C(=O)C(Nc3ccc(I)cc3)=C(Sc3ccccc3)C2=O)cc1. The maximum Gasteiger partial charge on any atom is 0.283 e. The number of rotatable bonds is 7. The number of ether oxygens (including phenoxy) is 1. The molecule has 1 aliphatic rings. The standard InChI is InChI=1S/C24H19IN2O3S/c1-2-30-19-14-12-18(13-15-19)27-23(28)21(26-17-10-8-16(25)9-11-17)22(24(27)29)31-20-6-4-3-5-7-20/h3-15,26H,2H2,1H3. The Bertz CT molecular complexity index is 1130. The van der Waals surface area contributed by atoms with E-state index >= 15 is 0 Å². The van der Waals surface area contributed by atoms with Crippen LogP contribution >= 0.6 is 34.4 Å². The fraction of sp³-hybridized carbons (Fsp3) is 0.0833. The molecule has 31 heavy (non-hydrogen) atoms. The molecule has 0 aliphatic carbocycles. The van der Waals surface area contributed by atoms with E-state index in [0.29, 0.717) is 22.9 Å². The van der Waals surface area contributed by atoms with Crippen LogP contribution in [0.1, 0.15) is 6.92 Å². The molecular formula is C24H19IN2O3S. The average molecular weight is 542 g/mol. The van der Waals surface area contributed by atoms with E-state index in [0.717, 1.165) is 14.2 Å². The molecule has 0 unspecified atom stereocenters. The van der Waals surface area contributed by atoms with Gasteiger partial charge in [-0.25, -0.2) is 4.90 Å². The largest absolute Gasteiger partial charge is 0.494 e. The van der Waals surface area contributed by atoms with Gasteiger partial charge >= 0.3 is 0 Å². The molecule has 2 amide bonds. The topological polar surface area (TPSA) is 58.6 Å².